The van der Waals surface area contributed by atoms with Crippen molar-refractivity contribution in [3.8, 4) is 0 Å². The summed E-state index contributed by atoms with van der Waals surface area (Å²) in [5.41, 5.74) is 7.07. The summed E-state index contributed by atoms with van der Waals surface area (Å²) in [6.45, 7) is 1.39. The summed E-state index contributed by atoms with van der Waals surface area (Å²) < 4.78 is 15.8. The molecule has 114 valence electrons. The first kappa shape index (κ1) is 16.2. The highest BCUT2D eigenvalue weighted by molar-refractivity contribution is 6.31. The molecule has 0 fully saturated rings. The van der Waals surface area contributed by atoms with Gasteiger partial charge in [-0.2, -0.15) is 5.10 Å². The molecule has 0 aliphatic carbocycles. The van der Waals surface area contributed by atoms with Crippen LogP contribution in [0.15, 0.2) is 24.4 Å². The zero-order chi connectivity index (χ0) is 15.6. The maximum Gasteiger partial charge on any atom is 0.146 e. The van der Waals surface area contributed by atoms with Crippen molar-refractivity contribution < 1.29 is 4.39 Å². The van der Waals surface area contributed by atoms with Crippen molar-refractivity contribution in [3.05, 3.63) is 51.5 Å². The molecule has 0 spiro atoms. The van der Waals surface area contributed by atoms with Crippen LogP contribution in [0.25, 0.3) is 0 Å². The molecule has 0 amide bonds. The molecule has 0 bridgehead atoms. The monoisotopic (exact) mass is 330 g/mol. The maximum atomic E-state index is 14.1. The van der Waals surface area contributed by atoms with E-state index < -0.39 is 11.9 Å². The van der Waals surface area contributed by atoms with Gasteiger partial charge < -0.3 is 10.6 Å². The summed E-state index contributed by atoms with van der Waals surface area (Å²) in [5, 5.41) is 4.67. The molecule has 2 N–H and O–H groups in total. The molecule has 0 saturated carbocycles. The Morgan fingerprint density at radius 1 is 1.33 bits per heavy atom. The number of benzene rings is 1. The van der Waals surface area contributed by atoms with Gasteiger partial charge in [0.05, 0.1) is 34.5 Å². The quantitative estimate of drug-likeness (QED) is 0.916. The molecule has 0 aliphatic heterocycles. The first-order valence-electron chi connectivity index (χ1n) is 6.47. The molecule has 0 radical (unpaired) electrons. The Labute approximate surface area is 133 Å². The topological polar surface area (TPSA) is 47.1 Å². The van der Waals surface area contributed by atoms with E-state index in [4.69, 9.17) is 28.9 Å². The molecule has 21 heavy (non-hydrogen) atoms. The lowest BCUT2D eigenvalue weighted by Gasteiger charge is -2.18. The van der Waals surface area contributed by atoms with Crippen LogP contribution in [0.5, 0.6) is 0 Å². The summed E-state index contributed by atoms with van der Waals surface area (Å²) in [6, 6.07) is 4.03. The third-order valence-electron chi connectivity index (χ3n) is 3.20. The van der Waals surface area contributed by atoms with Crippen molar-refractivity contribution >= 4 is 23.2 Å². The van der Waals surface area contributed by atoms with E-state index in [0.29, 0.717) is 22.8 Å². The highest BCUT2D eigenvalue weighted by Gasteiger charge is 2.22. The van der Waals surface area contributed by atoms with Crippen LogP contribution in [-0.2, 0) is 6.54 Å². The number of likely N-dealkylation sites (N-methyl/N-ethyl adjacent to an activating group) is 1. The lowest BCUT2D eigenvalue weighted by molar-refractivity contribution is 0.367. The van der Waals surface area contributed by atoms with Gasteiger partial charge in [-0.15, -0.1) is 0 Å². The van der Waals surface area contributed by atoms with Crippen molar-refractivity contribution in [1.29, 1.82) is 0 Å². The van der Waals surface area contributed by atoms with Crippen molar-refractivity contribution in [2.45, 2.75) is 12.6 Å². The molecule has 2 rings (SSSR count). The zero-order valence-corrected chi connectivity index (χ0v) is 13.4. The number of aromatic nitrogens is 2. The van der Waals surface area contributed by atoms with Gasteiger partial charge in [0.1, 0.15) is 5.82 Å². The number of hydrogen-bond acceptors (Lipinski definition) is 3. The molecular weight excluding hydrogens is 314 g/mol. The van der Waals surface area contributed by atoms with Crippen LogP contribution in [0.4, 0.5) is 4.39 Å². The van der Waals surface area contributed by atoms with Crippen molar-refractivity contribution in [2.75, 3.05) is 20.6 Å². The minimum Gasteiger partial charge on any atom is -0.319 e. The lowest BCUT2D eigenvalue weighted by atomic mass is 10.0. The van der Waals surface area contributed by atoms with Crippen LogP contribution in [0, 0.1) is 5.82 Å². The largest absolute Gasteiger partial charge is 0.319 e. The van der Waals surface area contributed by atoms with Crippen LogP contribution in [0.2, 0.25) is 10.0 Å². The molecule has 0 saturated heterocycles. The van der Waals surface area contributed by atoms with E-state index in [9.17, 15) is 4.39 Å². The fraction of sp³-hybridized carbons (Fsp3) is 0.357. The van der Waals surface area contributed by atoms with E-state index in [2.05, 4.69) is 5.10 Å². The van der Waals surface area contributed by atoms with Crippen LogP contribution in [-0.4, -0.2) is 35.3 Å². The molecular formula is C14H17Cl2FN4. The molecule has 1 aromatic carbocycles. The van der Waals surface area contributed by atoms with Crippen molar-refractivity contribution in [3.63, 3.8) is 0 Å². The second kappa shape index (κ2) is 6.75. The van der Waals surface area contributed by atoms with Gasteiger partial charge in [-0.05, 0) is 20.2 Å². The second-order valence-corrected chi connectivity index (χ2v) is 5.84. The number of nitrogens with two attached hydrogens (primary N) is 1. The SMILES string of the molecule is CN(C)CCn1ncc(Cl)c1C(N)c1cccc(Cl)c1F. The summed E-state index contributed by atoms with van der Waals surface area (Å²) in [5.74, 6) is -0.525. The Bertz CT molecular complexity index is 627. The third-order valence-corrected chi connectivity index (χ3v) is 3.79. The normalized spacial score (nSPS) is 12.9. The Hall–Kier alpha value is -1.14. The van der Waals surface area contributed by atoms with Crippen molar-refractivity contribution in [2.24, 2.45) is 5.73 Å². The Morgan fingerprint density at radius 3 is 2.71 bits per heavy atom. The number of hydrogen-bond donors (Lipinski definition) is 1. The Morgan fingerprint density at radius 2 is 2.05 bits per heavy atom. The van der Waals surface area contributed by atoms with Crippen LogP contribution >= 0.6 is 23.2 Å². The van der Waals surface area contributed by atoms with E-state index in [0.717, 1.165) is 6.54 Å². The number of halogens is 3. The molecule has 1 heterocycles. The molecule has 7 heteroatoms. The smallest absolute Gasteiger partial charge is 0.146 e. The Balaban J connectivity index is 2.36. The van der Waals surface area contributed by atoms with Crippen molar-refractivity contribution in [1.82, 2.24) is 14.7 Å². The average Bonchev–Trinajstić information content (AvgIpc) is 2.80. The predicted octanol–water partition coefficient (Wildman–Crippen LogP) is 2.94. The Kier molecular flexibility index (Phi) is 5.22. The first-order chi connectivity index (χ1) is 9.91. The van der Waals surface area contributed by atoms with Gasteiger partial charge in [-0.3, -0.25) is 4.68 Å². The molecule has 1 aromatic heterocycles. The molecule has 1 atom stereocenters. The second-order valence-electron chi connectivity index (χ2n) is 5.02. The summed E-state index contributed by atoms with van der Waals surface area (Å²) in [6.07, 6.45) is 1.52. The van der Waals surface area contributed by atoms with Gasteiger partial charge in [0, 0.05) is 12.1 Å². The fourth-order valence-electron chi connectivity index (χ4n) is 2.06. The minimum absolute atomic E-state index is 0.0402. The zero-order valence-electron chi connectivity index (χ0n) is 11.9. The predicted molar refractivity (Wildman–Crippen MR) is 83.2 cm³/mol. The maximum absolute atomic E-state index is 14.1. The van der Waals surface area contributed by atoms with E-state index in [-0.39, 0.29) is 5.02 Å². The van der Waals surface area contributed by atoms with Gasteiger partial charge in [-0.1, -0.05) is 35.3 Å². The third kappa shape index (κ3) is 3.55. The number of nitrogens with zero attached hydrogens (tertiary/aromatic N) is 3. The van der Waals surface area contributed by atoms with Gasteiger partial charge in [0.15, 0.2) is 0 Å². The van der Waals surface area contributed by atoms with Gasteiger partial charge in [0.25, 0.3) is 0 Å². The van der Waals surface area contributed by atoms with Gasteiger partial charge >= 0.3 is 0 Å². The molecule has 2 aromatic rings. The number of rotatable bonds is 5. The van der Waals surface area contributed by atoms with E-state index >= 15 is 0 Å². The van der Waals surface area contributed by atoms with Crippen LogP contribution in [0.3, 0.4) is 0 Å². The average molecular weight is 331 g/mol. The summed E-state index contributed by atoms with van der Waals surface area (Å²) in [4.78, 5) is 2.02. The van der Waals surface area contributed by atoms with E-state index in [1.54, 1.807) is 16.8 Å². The lowest BCUT2D eigenvalue weighted by Crippen LogP contribution is -2.24. The van der Waals surface area contributed by atoms with E-state index in [1.807, 2.05) is 19.0 Å². The molecule has 4 nitrogen and oxygen atoms in total. The van der Waals surface area contributed by atoms with Crippen LogP contribution in [0.1, 0.15) is 17.3 Å². The fourth-order valence-corrected chi connectivity index (χ4v) is 2.50. The standard InChI is InChI=1S/C14H17Cl2FN4/c1-20(2)6-7-21-14(11(16)8-19-21)13(18)9-4-3-5-10(15)12(9)17/h3-5,8,13H,6-7,18H2,1-2H3. The molecule has 1 unspecified atom stereocenters. The van der Waals surface area contributed by atoms with Gasteiger partial charge in [0.2, 0.25) is 0 Å². The van der Waals surface area contributed by atoms with Crippen LogP contribution < -0.4 is 5.73 Å². The van der Waals surface area contributed by atoms with E-state index in [1.165, 1.54) is 12.3 Å². The summed E-state index contributed by atoms with van der Waals surface area (Å²) in [7, 11) is 3.92. The highest BCUT2D eigenvalue weighted by atomic mass is 35.5. The minimum atomic E-state index is -0.721. The molecule has 0 aliphatic rings. The summed E-state index contributed by atoms with van der Waals surface area (Å²) >= 11 is 12.0. The first-order valence-corrected chi connectivity index (χ1v) is 7.22. The van der Waals surface area contributed by atoms with Gasteiger partial charge in [-0.25, -0.2) is 4.39 Å². The highest BCUT2D eigenvalue weighted by Crippen LogP contribution is 2.30.